The fourth-order valence-electron chi connectivity index (χ4n) is 3.32. The molecule has 2 unspecified atom stereocenters. The fraction of sp³-hybridized carbons (Fsp3) is 0.875. The zero-order chi connectivity index (χ0) is 15.6. The predicted molar refractivity (Wildman–Crippen MR) is 80.7 cm³/mol. The second-order valence-corrected chi connectivity index (χ2v) is 6.85. The number of hydrogen-bond acceptors (Lipinski definition) is 3. The van der Waals surface area contributed by atoms with Gasteiger partial charge in [-0.15, -0.1) is 0 Å². The molecule has 1 saturated carbocycles. The number of amides is 2. The molecule has 0 spiro atoms. The van der Waals surface area contributed by atoms with Gasteiger partial charge in [-0.05, 0) is 44.4 Å². The van der Waals surface area contributed by atoms with Gasteiger partial charge in [0.25, 0.3) is 0 Å². The third-order valence-corrected chi connectivity index (χ3v) is 4.72. The second-order valence-electron chi connectivity index (χ2n) is 6.85. The van der Waals surface area contributed by atoms with Gasteiger partial charge in [-0.1, -0.05) is 13.8 Å². The van der Waals surface area contributed by atoms with E-state index in [4.69, 9.17) is 4.74 Å². The highest BCUT2D eigenvalue weighted by Gasteiger charge is 2.55. The van der Waals surface area contributed by atoms with E-state index in [9.17, 15) is 9.59 Å². The minimum absolute atomic E-state index is 0.00532. The van der Waals surface area contributed by atoms with Crippen LogP contribution in [-0.4, -0.2) is 48.6 Å². The quantitative estimate of drug-likeness (QED) is 0.725. The molecule has 2 atom stereocenters. The summed E-state index contributed by atoms with van der Waals surface area (Å²) in [6, 6.07) is -0.341. The molecule has 1 aliphatic carbocycles. The van der Waals surface area contributed by atoms with E-state index in [1.54, 1.807) is 7.11 Å². The van der Waals surface area contributed by atoms with Crippen LogP contribution in [0.25, 0.3) is 0 Å². The van der Waals surface area contributed by atoms with Gasteiger partial charge >= 0.3 is 0 Å². The minimum Gasteiger partial charge on any atom is -0.385 e. The number of nitrogens with one attached hydrogen (secondary N) is 1. The number of unbranched alkanes of at least 4 members (excludes halogenated alkanes) is 1. The first-order valence-electron chi connectivity index (χ1n) is 8.04. The molecular formula is C16H28N2O3. The molecule has 120 valence electrons. The molecule has 1 heterocycles. The van der Waals surface area contributed by atoms with E-state index >= 15 is 0 Å². The molecule has 1 saturated heterocycles. The Bertz CT molecular complexity index is 406. The maximum atomic E-state index is 12.9. The smallest absolute Gasteiger partial charge is 0.249 e. The monoisotopic (exact) mass is 296 g/mol. The van der Waals surface area contributed by atoms with Crippen LogP contribution in [-0.2, 0) is 14.3 Å². The van der Waals surface area contributed by atoms with Crippen LogP contribution < -0.4 is 5.32 Å². The third-order valence-electron chi connectivity index (χ3n) is 4.72. The van der Waals surface area contributed by atoms with Crippen molar-refractivity contribution in [2.75, 3.05) is 20.3 Å². The van der Waals surface area contributed by atoms with Gasteiger partial charge in [0.1, 0.15) is 11.6 Å². The first-order chi connectivity index (χ1) is 9.91. The van der Waals surface area contributed by atoms with E-state index in [1.165, 1.54) is 0 Å². The highest BCUT2D eigenvalue weighted by atomic mass is 16.5. The van der Waals surface area contributed by atoms with Gasteiger partial charge in [0.15, 0.2) is 0 Å². The lowest BCUT2D eigenvalue weighted by Gasteiger charge is -2.46. The van der Waals surface area contributed by atoms with Crippen LogP contribution in [0.4, 0.5) is 0 Å². The van der Waals surface area contributed by atoms with E-state index in [0.29, 0.717) is 19.1 Å². The Morgan fingerprint density at radius 2 is 2.00 bits per heavy atom. The first-order valence-corrected chi connectivity index (χ1v) is 8.04. The van der Waals surface area contributed by atoms with Crippen molar-refractivity contribution >= 4 is 11.8 Å². The summed E-state index contributed by atoms with van der Waals surface area (Å²) in [6.45, 7) is 7.23. The van der Waals surface area contributed by atoms with Crippen molar-refractivity contribution in [3.05, 3.63) is 0 Å². The lowest BCUT2D eigenvalue weighted by molar-refractivity contribution is -0.157. The van der Waals surface area contributed by atoms with Crippen LogP contribution in [0.2, 0.25) is 0 Å². The summed E-state index contributed by atoms with van der Waals surface area (Å²) in [5, 5.41) is 3.01. The number of carbonyl (C=O) groups is 2. The number of carbonyl (C=O) groups excluding carboxylic acids is 2. The van der Waals surface area contributed by atoms with Crippen LogP contribution in [0.5, 0.6) is 0 Å². The number of hydrogen-bond donors (Lipinski definition) is 1. The molecule has 0 aromatic carbocycles. The predicted octanol–water partition coefficient (Wildman–Crippen LogP) is 1.56. The Labute approximate surface area is 127 Å². The Morgan fingerprint density at radius 1 is 1.33 bits per heavy atom. The standard InChI is InChI=1S/C16H28N2O3/c1-11(2)13-14(19)17-16(3,12-7-8-12)15(20)18(13)9-5-6-10-21-4/h11-13H,5-10H2,1-4H3,(H,17,19). The SMILES string of the molecule is COCCCCN1C(=O)C(C)(C2CC2)NC(=O)C1C(C)C. The third kappa shape index (κ3) is 3.23. The minimum atomic E-state index is -0.691. The number of nitrogens with zero attached hydrogens (tertiary/aromatic N) is 1. The van der Waals surface area contributed by atoms with Gasteiger partial charge in [-0.25, -0.2) is 0 Å². The zero-order valence-corrected chi connectivity index (χ0v) is 13.6. The Morgan fingerprint density at radius 3 is 2.52 bits per heavy atom. The Kier molecular flexibility index (Phi) is 4.91. The summed E-state index contributed by atoms with van der Waals surface area (Å²) in [5.41, 5.74) is -0.691. The van der Waals surface area contributed by atoms with Crippen molar-refractivity contribution in [3.63, 3.8) is 0 Å². The van der Waals surface area contributed by atoms with Crippen molar-refractivity contribution in [1.29, 1.82) is 0 Å². The van der Waals surface area contributed by atoms with E-state index in [0.717, 1.165) is 25.7 Å². The highest BCUT2D eigenvalue weighted by Crippen LogP contribution is 2.42. The first kappa shape index (κ1) is 16.3. The van der Waals surface area contributed by atoms with Crippen LogP contribution in [0, 0.1) is 11.8 Å². The summed E-state index contributed by atoms with van der Waals surface area (Å²) >= 11 is 0. The molecule has 2 aliphatic rings. The summed E-state index contributed by atoms with van der Waals surface area (Å²) < 4.78 is 5.06. The molecule has 21 heavy (non-hydrogen) atoms. The van der Waals surface area contributed by atoms with Crippen LogP contribution in [0.1, 0.15) is 46.5 Å². The number of ether oxygens (including phenoxy) is 1. The lowest BCUT2D eigenvalue weighted by atomic mass is 9.86. The van der Waals surface area contributed by atoms with Gasteiger partial charge in [-0.2, -0.15) is 0 Å². The van der Waals surface area contributed by atoms with Gasteiger partial charge in [0.05, 0.1) is 0 Å². The molecule has 2 rings (SSSR count). The molecule has 0 radical (unpaired) electrons. The second kappa shape index (κ2) is 6.34. The van der Waals surface area contributed by atoms with Crippen LogP contribution in [0.3, 0.4) is 0 Å². The maximum Gasteiger partial charge on any atom is 0.249 e. The molecule has 0 aromatic heterocycles. The molecular weight excluding hydrogens is 268 g/mol. The average molecular weight is 296 g/mol. The van der Waals surface area contributed by atoms with E-state index in [1.807, 2.05) is 25.7 Å². The number of piperazine rings is 1. The zero-order valence-electron chi connectivity index (χ0n) is 13.6. The van der Waals surface area contributed by atoms with Crippen molar-refractivity contribution in [2.24, 2.45) is 11.8 Å². The maximum absolute atomic E-state index is 12.9. The summed E-state index contributed by atoms with van der Waals surface area (Å²) in [4.78, 5) is 27.2. The summed E-state index contributed by atoms with van der Waals surface area (Å²) in [5.74, 6) is 0.537. The van der Waals surface area contributed by atoms with Crippen molar-refractivity contribution in [2.45, 2.75) is 58.0 Å². The lowest BCUT2D eigenvalue weighted by Crippen LogP contribution is -2.71. The molecule has 2 fully saturated rings. The Hall–Kier alpha value is -1.10. The number of methoxy groups -OCH3 is 1. The van der Waals surface area contributed by atoms with Gasteiger partial charge in [0, 0.05) is 20.3 Å². The van der Waals surface area contributed by atoms with Gasteiger partial charge < -0.3 is 15.0 Å². The highest BCUT2D eigenvalue weighted by molar-refractivity contribution is 6.00. The van der Waals surface area contributed by atoms with Crippen molar-refractivity contribution < 1.29 is 14.3 Å². The normalized spacial score (nSPS) is 30.0. The van der Waals surface area contributed by atoms with E-state index in [-0.39, 0.29) is 23.8 Å². The molecule has 0 aromatic rings. The Balaban J connectivity index is 2.12. The molecule has 2 amide bonds. The topological polar surface area (TPSA) is 58.6 Å². The molecule has 5 heteroatoms. The summed E-state index contributed by atoms with van der Waals surface area (Å²) in [7, 11) is 1.68. The molecule has 0 bridgehead atoms. The average Bonchev–Trinajstić information content (AvgIpc) is 3.24. The number of rotatable bonds is 7. The fourth-order valence-corrected chi connectivity index (χ4v) is 3.32. The van der Waals surface area contributed by atoms with E-state index in [2.05, 4.69) is 5.32 Å². The largest absolute Gasteiger partial charge is 0.385 e. The van der Waals surface area contributed by atoms with Crippen molar-refractivity contribution in [3.8, 4) is 0 Å². The van der Waals surface area contributed by atoms with E-state index < -0.39 is 5.54 Å². The summed E-state index contributed by atoms with van der Waals surface area (Å²) in [6.07, 6.45) is 3.85. The van der Waals surface area contributed by atoms with Crippen LogP contribution in [0.15, 0.2) is 0 Å². The van der Waals surface area contributed by atoms with Gasteiger partial charge in [0.2, 0.25) is 11.8 Å². The molecule has 1 N–H and O–H groups in total. The molecule has 1 aliphatic heterocycles. The van der Waals surface area contributed by atoms with Crippen molar-refractivity contribution in [1.82, 2.24) is 10.2 Å². The van der Waals surface area contributed by atoms with Gasteiger partial charge in [-0.3, -0.25) is 9.59 Å². The molecule has 5 nitrogen and oxygen atoms in total. The van der Waals surface area contributed by atoms with Crippen LogP contribution >= 0.6 is 0 Å².